The van der Waals surface area contributed by atoms with Crippen LogP contribution in [0.3, 0.4) is 0 Å². The van der Waals surface area contributed by atoms with Crippen LogP contribution in [0.5, 0.6) is 11.5 Å². The van der Waals surface area contributed by atoms with Crippen LogP contribution in [0.4, 0.5) is 4.39 Å². The molecule has 0 atom stereocenters. The lowest BCUT2D eigenvalue weighted by atomic mass is 10.1. The van der Waals surface area contributed by atoms with Crippen LogP contribution in [-0.4, -0.2) is 6.54 Å². The molecule has 0 spiro atoms. The Balaban J connectivity index is 2.29. The molecule has 4 heteroatoms. The van der Waals surface area contributed by atoms with Crippen molar-refractivity contribution in [1.82, 2.24) is 0 Å². The van der Waals surface area contributed by atoms with E-state index in [0.717, 1.165) is 15.6 Å². The van der Waals surface area contributed by atoms with Crippen molar-refractivity contribution in [3.63, 3.8) is 0 Å². The Kier molecular flexibility index (Phi) is 4.56. The van der Waals surface area contributed by atoms with Gasteiger partial charge in [-0.25, -0.2) is 4.39 Å². The first-order valence-electron chi connectivity index (χ1n) is 6.02. The monoisotopic (exact) mass is 323 g/mol. The minimum atomic E-state index is -0.311. The number of benzene rings is 2. The van der Waals surface area contributed by atoms with Gasteiger partial charge in [0.15, 0.2) is 0 Å². The molecule has 0 heterocycles. The average molecular weight is 324 g/mol. The topological polar surface area (TPSA) is 35.2 Å². The van der Waals surface area contributed by atoms with Gasteiger partial charge >= 0.3 is 0 Å². The second kappa shape index (κ2) is 6.17. The number of hydrogen-bond acceptors (Lipinski definition) is 2. The number of rotatable bonds is 4. The highest BCUT2D eigenvalue weighted by molar-refractivity contribution is 9.10. The summed E-state index contributed by atoms with van der Waals surface area (Å²) in [4.78, 5) is 0. The molecule has 2 rings (SSSR count). The van der Waals surface area contributed by atoms with Crippen LogP contribution < -0.4 is 10.5 Å². The molecule has 0 aliphatic heterocycles. The van der Waals surface area contributed by atoms with Crippen LogP contribution in [0.15, 0.2) is 40.9 Å². The van der Waals surface area contributed by atoms with Gasteiger partial charge in [-0.05, 0) is 55.3 Å². The first kappa shape index (κ1) is 14.0. The minimum absolute atomic E-state index is 0.311. The van der Waals surface area contributed by atoms with E-state index in [1.165, 1.54) is 12.1 Å². The first-order chi connectivity index (χ1) is 9.08. The molecule has 0 aliphatic rings. The Hall–Kier alpha value is -1.39. The molecule has 0 saturated heterocycles. The van der Waals surface area contributed by atoms with E-state index in [9.17, 15) is 4.39 Å². The van der Waals surface area contributed by atoms with E-state index in [1.807, 2.05) is 31.2 Å². The molecule has 2 aromatic carbocycles. The lowest BCUT2D eigenvalue weighted by Crippen LogP contribution is -2.03. The molecule has 2 aromatic rings. The fourth-order valence-corrected chi connectivity index (χ4v) is 2.14. The molecule has 19 heavy (non-hydrogen) atoms. The van der Waals surface area contributed by atoms with Crippen LogP contribution in [0.1, 0.15) is 11.1 Å². The predicted molar refractivity (Wildman–Crippen MR) is 78.1 cm³/mol. The number of ether oxygens (including phenoxy) is 1. The van der Waals surface area contributed by atoms with Crippen molar-refractivity contribution in [2.24, 2.45) is 5.73 Å². The van der Waals surface area contributed by atoms with Gasteiger partial charge in [-0.2, -0.15) is 0 Å². The summed E-state index contributed by atoms with van der Waals surface area (Å²) in [6.45, 7) is 2.43. The van der Waals surface area contributed by atoms with Crippen molar-refractivity contribution in [3.8, 4) is 11.5 Å². The third kappa shape index (κ3) is 3.78. The van der Waals surface area contributed by atoms with E-state index < -0.39 is 0 Å². The molecule has 0 unspecified atom stereocenters. The maximum atomic E-state index is 13.5. The van der Waals surface area contributed by atoms with Gasteiger partial charge in [-0.1, -0.05) is 22.0 Å². The van der Waals surface area contributed by atoms with Crippen LogP contribution >= 0.6 is 15.9 Å². The molecule has 100 valence electrons. The van der Waals surface area contributed by atoms with Crippen LogP contribution in [0.2, 0.25) is 0 Å². The third-order valence-electron chi connectivity index (χ3n) is 2.74. The fraction of sp³-hybridized carbons (Fsp3) is 0.200. The Morgan fingerprint density at radius 3 is 2.74 bits per heavy atom. The van der Waals surface area contributed by atoms with Crippen LogP contribution in [0.25, 0.3) is 0 Å². The Labute approximate surface area is 120 Å². The molecule has 2 N–H and O–H groups in total. The molecular formula is C15H15BrFNO. The molecule has 2 nitrogen and oxygen atoms in total. The van der Waals surface area contributed by atoms with Crippen LogP contribution in [-0.2, 0) is 6.42 Å². The zero-order valence-corrected chi connectivity index (χ0v) is 12.2. The van der Waals surface area contributed by atoms with Gasteiger partial charge in [0.25, 0.3) is 0 Å². The number of nitrogens with two attached hydrogens (primary N) is 1. The van der Waals surface area contributed by atoms with Gasteiger partial charge < -0.3 is 10.5 Å². The van der Waals surface area contributed by atoms with Gasteiger partial charge in [-0.15, -0.1) is 0 Å². The summed E-state index contributed by atoms with van der Waals surface area (Å²) in [5.74, 6) is 0.886. The van der Waals surface area contributed by atoms with Crippen LogP contribution in [0, 0.1) is 12.7 Å². The predicted octanol–water partition coefficient (Wildman–Crippen LogP) is 4.19. The van der Waals surface area contributed by atoms with Gasteiger partial charge in [0.2, 0.25) is 0 Å². The van der Waals surface area contributed by atoms with E-state index in [4.69, 9.17) is 10.5 Å². The summed E-state index contributed by atoms with van der Waals surface area (Å²) in [5, 5.41) is 0. The van der Waals surface area contributed by atoms with E-state index in [0.29, 0.717) is 24.5 Å². The summed E-state index contributed by atoms with van der Waals surface area (Å²) < 4.78 is 20.2. The summed E-state index contributed by atoms with van der Waals surface area (Å²) in [6, 6.07) is 10.4. The fourth-order valence-electron chi connectivity index (χ4n) is 1.80. The number of halogens is 2. The SMILES string of the molecule is Cc1ccc(Br)cc1Oc1cc(F)cc(CCN)c1. The van der Waals surface area contributed by atoms with Crippen molar-refractivity contribution in [3.05, 3.63) is 57.8 Å². The largest absolute Gasteiger partial charge is 0.457 e. The van der Waals surface area contributed by atoms with Crippen molar-refractivity contribution in [2.75, 3.05) is 6.54 Å². The standard InChI is InChI=1S/C15H15BrFNO/c1-10-2-3-12(16)8-15(10)19-14-7-11(4-5-18)6-13(17)9-14/h2-3,6-9H,4-5,18H2,1H3. The van der Waals surface area contributed by atoms with E-state index in [-0.39, 0.29) is 5.82 Å². The summed E-state index contributed by atoms with van der Waals surface area (Å²) in [7, 11) is 0. The molecule has 0 amide bonds. The molecule has 0 saturated carbocycles. The number of aryl methyl sites for hydroxylation is 1. The van der Waals surface area contributed by atoms with E-state index in [2.05, 4.69) is 15.9 Å². The molecule has 0 aliphatic carbocycles. The highest BCUT2D eigenvalue weighted by atomic mass is 79.9. The number of hydrogen-bond donors (Lipinski definition) is 1. The average Bonchev–Trinajstić information content (AvgIpc) is 2.33. The maximum absolute atomic E-state index is 13.5. The van der Waals surface area contributed by atoms with Gasteiger partial charge in [-0.3, -0.25) is 0 Å². The summed E-state index contributed by atoms with van der Waals surface area (Å²) >= 11 is 3.39. The van der Waals surface area contributed by atoms with Gasteiger partial charge in [0.05, 0.1) is 0 Å². The maximum Gasteiger partial charge on any atom is 0.131 e. The second-order valence-corrected chi connectivity index (χ2v) is 5.26. The molecule has 0 radical (unpaired) electrons. The zero-order chi connectivity index (χ0) is 13.8. The Morgan fingerprint density at radius 2 is 2.00 bits per heavy atom. The smallest absolute Gasteiger partial charge is 0.131 e. The highest BCUT2D eigenvalue weighted by Gasteiger charge is 2.06. The minimum Gasteiger partial charge on any atom is -0.457 e. The Bertz CT molecular complexity index is 586. The molecule has 0 bridgehead atoms. The lowest BCUT2D eigenvalue weighted by Gasteiger charge is -2.10. The summed E-state index contributed by atoms with van der Waals surface area (Å²) in [5.41, 5.74) is 7.32. The lowest BCUT2D eigenvalue weighted by molar-refractivity contribution is 0.472. The van der Waals surface area contributed by atoms with E-state index in [1.54, 1.807) is 0 Å². The first-order valence-corrected chi connectivity index (χ1v) is 6.81. The van der Waals surface area contributed by atoms with Crippen molar-refractivity contribution in [1.29, 1.82) is 0 Å². The summed E-state index contributed by atoms with van der Waals surface area (Å²) in [6.07, 6.45) is 0.631. The molecule has 0 aromatic heterocycles. The quantitative estimate of drug-likeness (QED) is 0.915. The third-order valence-corrected chi connectivity index (χ3v) is 3.24. The second-order valence-electron chi connectivity index (χ2n) is 4.35. The van der Waals surface area contributed by atoms with Gasteiger partial charge in [0, 0.05) is 10.5 Å². The molecular weight excluding hydrogens is 309 g/mol. The van der Waals surface area contributed by atoms with Gasteiger partial charge in [0.1, 0.15) is 17.3 Å². The van der Waals surface area contributed by atoms with Crippen molar-refractivity contribution >= 4 is 15.9 Å². The molecule has 0 fully saturated rings. The normalized spacial score (nSPS) is 10.5. The highest BCUT2D eigenvalue weighted by Crippen LogP contribution is 2.29. The van der Waals surface area contributed by atoms with E-state index >= 15 is 0 Å². The van der Waals surface area contributed by atoms with Crippen molar-refractivity contribution < 1.29 is 9.13 Å². The zero-order valence-electron chi connectivity index (χ0n) is 10.6. The Morgan fingerprint density at radius 1 is 1.21 bits per heavy atom. The van der Waals surface area contributed by atoms with Crippen molar-refractivity contribution in [2.45, 2.75) is 13.3 Å².